The van der Waals surface area contributed by atoms with E-state index in [-0.39, 0.29) is 0 Å². The molecule has 0 N–H and O–H groups in total. The molecule has 3 nitrogen and oxygen atoms in total. The van der Waals surface area contributed by atoms with E-state index >= 15 is 0 Å². The van der Waals surface area contributed by atoms with E-state index < -0.39 is 0 Å². The van der Waals surface area contributed by atoms with E-state index in [1.807, 2.05) is 36.5 Å². The van der Waals surface area contributed by atoms with Gasteiger partial charge in [-0.2, -0.15) is 0 Å². The molecule has 3 aromatic heterocycles. The van der Waals surface area contributed by atoms with Crippen LogP contribution in [0.3, 0.4) is 0 Å². The SMILES string of the molecule is c1cc(-c2ccc(-c3c4ccccc4cc4c3oc3ccccc34)cc2)cc(-c2cn3ccccc3n2)c1. The zero-order valence-corrected chi connectivity index (χ0v) is 20.5. The predicted octanol–water partition coefficient (Wildman–Crippen LogP) is 9.39. The van der Waals surface area contributed by atoms with Gasteiger partial charge in [0.15, 0.2) is 0 Å². The van der Waals surface area contributed by atoms with Crippen molar-refractivity contribution in [2.45, 2.75) is 0 Å². The molecular weight excluding hydrogens is 464 g/mol. The lowest BCUT2D eigenvalue weighted by Gasteiger charge is -2.10. The smallest absolute Gasteiger partial charge is 0.143 e. The fourth-order valence-electron chi connectivity index (χ4n) is 5.57. The van der Waals surface area contributed by atoms with Gasteiger partial charge < -0.3 is 8.82 Å². The minimum atomic E-state index is 0.916. The third kappa shape index (κ3) is 3.26. The van der Waals surface area contributed by atoms with E-state index in [1.54, 1.807) is 0 Å². The lowest BCUT2D eigenvalue weighted by molar-refractivity contribution is 0.670. The molecule has 5 aromatic carbocycles. The maximum atomic E-state index is 6.44. The van der Waals surface area contributed by atoms with E-state index in [4.69, 9.17) is 9.40 Å². The van der Waals surface area contributed by atoms with Gasteiger partial charge in [-0.05, 0) is 57.8 Å². The molecule has 0 saturated heterocycles. The third-order valence-corrected chi connectivity index (χ3v) is 7.42. The molecular formula is C35H22N2O. The summed E-state index contributed by atoms with van der Waals surface area (Å²) >= 11 is 0. The van der Waals surface area contributed by atoms with Crippen molar-refractivity contribution in [3.63, 3.8) is 0 Å². The molecule has 0 fully saturated rings. The Hall–Kier alpha value is -5.15. The first-order valence-corrected chi connectivity index (χ1v) is 12.8. The fraction of sp³-hybridized carbons (Fsp3) is 0. The second kappa shape index (κ2) is 8.19. The minimum absolute atomic E-state index is 0.916. The van der Waals surface area contributed by atoms with Crippen molar-refractivity contribution >= 4 is 38.4 Å². The van der Waals surface area contributed by atoms with E-state index in [9.17, 15) is 0 Å². The summed E-state index contributed by atoms with van der Waals surface area (Å²) in [5, 5.41) is 4.71. The van der Waals surface area contributed by atoms with E-state index in [1.165, 1.54) is 16.3 Å². The van der Waals surface area contributed by atoms with Gasteiger partial charge in [0.25, 0.3) is 0 Å². The number of furan rings is 1. The van der Waals surface area contributed by atoms with Crippen LogP contribution < -0.4 is 0 Å². The van der Waals surface area contributed by atoms with Crippen LogP contribution in [-0.4, -0.2) is 9.38 Å². The standard InChI is InChI=1S/C35H22N2O/c1-2-11-28-26(8-1)21-30-29-12-3-4-13-32(29)38-35(30)34(28)24-17-15-23(16-18-24)25-9-7-10-27(20-25)31-22-37-19-6-5-14-33(37)36-31/h1-22H. The second-order valence-electron chi connectivity index (χ2n) is 9.70. The number of nitrogens with zero attached hydrogens (tertiary/aromatic N) is 2. The number of hydrogen-bond acceptors (Lipinski definition) is 2. The third-order valence-electron chi connectivity index (χ3n) is 7.42. The molecule has 3 heteroatoms. The Morgan fingerprint density at radius 2 is 1.32 bits per heavy atom. The lowest BCUT2D eigenvalue weighted by Crippen LogP contribution is -1.85. The molecule has 0 aliphatic heterocycles. The van der Waals surface area contributed by atoms with E-state index in [0.717, 1.165) is 55.5 Å². The van der Waals surface area contributed by atoms with Gasteiger partial charge >= 0.3 is 0 Å². The summed E-state index contributed by atoms with van der Waals surface area (Å²) in [5.41, 5.74) is 9.49. The van der Waals surface area contributed by atoms with Crippen LogP contribution in [-0.2, 0) is 0 Å². The van der Waals surface area contributed by atoms with Crippen LogP contribution in [0.5, 0.6) is 0 Å². The monoisotopic (exact) mass is 486 g/mol. The number of hydrogen-bond donors (Lipinski definition) is 0. The molecule has 178 valence electrons. The molecule has 0 amide bonds. The molecule has 0 atom stereocenters. The highest BCUT2D eigenvalue weighted by Gasteiger charge is 2.16. The number of aromatic nitrogens is 2. The van der Waals surface area contributed by atoms with Crippen LogP contribution in [0.1, 0.15) is 0 Å². The molecule has 0 aliphatic carbocycles. The first kappa shape index (κ1) is 21.0. The van der Waals surface area contributed by atoms with Gasteiger partial charge in [0, 0.05) is 34.3 Å². The number of imidazole rings is 1. The van der Waals surface area contributed by atoms with Gasteiger partial charge in [-0.1, -0.05) is 91.0 Å². The molecule has 8 rings (SSSR count). The summed E-state index contributed by atoms with van der Waals surface area (Å²) in [5.74, 6) is 0. The van der Waals surface area contributed by atoms with Crippen LogP contribution in [0.15, 0.2) is 138 Å². The second-order valence-corrected chi connectivity index (χ2v) is 9.70. The average Bonchev–Trinajstić information content (AvgIpc) is 3.58. The fourth-order valence-corrected chi connectivity index (χ4v) is 5.57. The van der Waals surface area contributed by atoms with Gasteiger partial charge in [0.2, 0.25) is 0 Å². The zero-order valence-electron chi connectivity index (χ0n) is 20.5. The largest absolute Gasteiger partial charge is 0.455 e. The molecule has 38 heavy (non-hydrogen) atoms. The number of benzene rings is 5. The Labute approximate surface area is 219 Å². The van der Waals surface area contributed by atoms with E-state index in [2.05, 4.69) is 102 Å². The summed E-state index contributed by atoms with van der Waals surface area (Å²) in [6.07, 6.45) is 4.11. The topological polar surface area (TPSA) is 30.4 Å². The Morgan fingerprint density at radius 1 is 0.553 bits per heavy atom. The quantitative estimate of drug-likeness (QED) is 0.249. The Morgan fingerprint density at radius 3 is 2.21 bits per heavy atom. The molecule has 0 saturated carbocycles. The maximum absolute atomic E-state index is 6.44. The van der Waals surface area contributed by atoms with Gasteiger partial charge in [-0.3, -0.25) is 0 Å². The number of pyridine rings is 1. The summed E-state index contributed by atoms with van der Waals surface area (Å²) in [7, 11) is 0. The Balaban J connectivity index is 1.25. The minimum Gasteiger partial charge on any atom is -0.455 e. The van der Waals surface area contributed by atoms with Gasteiger partial charge in [0.05, 0.1) is 5.69 Å². The first-order chi connectivity index (χ1) is 18.8. The summed E-state index contributed by atoms with van der Waals surface area (Å²) in [4.78, 5) is 4.80. The molecule has 0 radical (unpaired) electrons. The van der Waals surface area contributed by atoms with Crippen LogP contribution in [0.25, 0.3) is 71.9 Å². The van der Waals surface area contributed by atoms with Crippen molar-refractivity contribution in [2.75, 3.05) is 0 Å². The molecule has 0 aliphatic rings. The lowest BCUT2D eigenvalue weighted by atomic mass is 9.93. The van der Waals surface area contributed by atoms with Crippen LogP contribution in [0, 0.1) is 0 Å². The highest BCUT2D eigenvalue weighted by atomic mass is 16.3. The van der Waals surface area contributed by atoms with Crippen LogP contribution >= 0.6 is 0 Å². The van der Waals surface area contributed by atoms with Gasteiger partial charge in [-0.15, -0.1) is 0 Å². The highest BCUT2D eigenvalue weighted by Crippen LogP contribution is 2.41. The summed E-state index contributed by atoms with van der Waals surface area (Å²) in [6, 6.07) is 42.6. The summed E-state index contributed by atoms with van der Waals surface area (Å²) < 4.78 is 8.50. The Kier molecular flexibility index (Phi) is 4.52. The normalized spacial score (nSPS) is 11.7. The van der Waals surface area contributed by atoms with Crippen molar-refractivity contribution in [1.29, 1.82) is 0 Å². The Bertz CT molecular complexity index is 2100. The highest BCUT2D eigenvalue weighted by molar-refractivity contribution is 6.18. The van der Waals surface area contributed by atoms with Crippen LogP contribution in [0.4, 0.5) is 0 Å². The molecule has 8 aromatic rings. The number of para-hydroxylation sites is 1. The van der Waals surface area contributed by atoms with Gasteiger partial charge in [-0.25, -0.2) is 4.98 Å². The maximum Gasteiger partial charge on any atom is 0.143 e. The molecule has 0 spiro atoms. The number of fused-ring (bicyclic) bond motifs is 5. The van der Waals surface area contributed by atoms with Crippen molar-refractivity contribution in [2.24, 2.45) is 0 Å². The van der Waals surface area contributed by atoms with Gasteiger partial charge in [0.1, 0.15) is 16.8 Å². The number of rotatable bonds is 3. The van der Waals surface area contributed by atoms with Crippen LogP contribution in [0.2, 0.25) is 0 Å². The molecule has 0 unspecified atom stereocenters. The van der Waals surface area contributed by atoms with Crippen molar-refractivity contribution < 1.29 is 4.42 Å². The van der Waals surface area contributed by atoms with Crippen molar-refractivity contribution in [3.05, 3.63) is 134 Å². The first-order valence-electron chi connectivity index (χ1n) is 12.8. The summed E-state index contributed by atoms with van der Waals surface area (Å²) in [6.45, 7) is 0. The van der Waals surface area contributed by atoms with Crippen molar-refractivity contribution in [1.82, 2.24) is 9.38 Å². The van der Waals surface area contributed by atoms with E-state index in [0.29, 0.717) is 0 Å². The average molecular weight is 487 g/mol. The molecule has 0 bridgehead atoms. The predicted molar refractivity (Wildman–Crippen MR) is 156 cm³/mol. The van der Waals surface area contributed by atoms with Crippen molar-refractivity contribution in [3.8, 4) is 33.5 Å². The zero-order chi connectivity index (χ0) is 25.1. The molecule has 3 heterocycles.